The van der Waals surface area contributed by atoms with Crippen LogP contribution in [0.1, 0.15) is 10.5 Å². The van der Waals surface area contributed by atoms with Crippen LogP contribution in [0.3, 0.4) is 0 Å². The zero-order valence-corrected chi connectivity index (χ0v) is 15.6. The van der Waals surface area contributed by atoms with E-state index in [1.165, 1.54) is 7.11 Å². The summed E-state index contributed by atoms with van der Waals surface area (Å²) in [6.07, 6.45) is 1.58. The summed E-state index contributed by atoms with van der Waals surface area (Å²) in [5.41, 5.74) is 2.36. The van der Waals surface area contributed by atoms with Gasteiger partial charge < -0.3 is 20.1 Å². The summed E-state index contributed by atoms with van der Waals surface area (Å²) < 4.78 is 10.4. The quantitative estimate of drug-likeness (QED) is 0.642. The number of carbonyl (C=O) groups excluding carboxylic acids is 1. The number of anilines is 3. The molecule has 0 atom stereocenters. The lowest BCUT2D eigenvalue weighted by molar-refractivity contribution is 0.102. The number of rotatable bonds is 6. The highest BCUT2D eigenvalue weighted by Crippen LogP contribution is 2.30. The first-order chi connectivity index (χ1) is 13.1. The minimum atomic E-state index is -0.327. The maximum Gasteiger partial charge on any atom is 0.274 e. The highest BCUT2D eigenvalue weighted by atomic mass is 35.5. The Kier molecular flexibility index (Phi) is 5.78. The molecule has 1 aromatic heterocycles. The highest BCUT2D eigenvalue weighted by Gasteiger charge is 2.11. The van der Waals surface area contributed by atoms with Crippen LogP contribution in [0.5, 0.6) is 11.5 Å². The average molecular weight is 384 g/mol. The monoisotopic (exact) mass is 383 g/mol. The molecule has 3 aromatic rings. The molecule has 0 fully saturated rings. The number of ether oxygens (including phenoxy) is 2. The van der Waals surface area contributed by atoms with Crippen molar-refractivity contribution in [1.29, 1.82) is 0 Å². The van der Waals surface area contributed by atoms with Gasteiger partial charge in [0.2, 0.25) is 0 Å². The van der Waals surface area contributed by atoms with Gasteiger partial charge in [0.25, 0.3) is 5.91 Å². The number of hydrogen-bond donors (Lipinski definition) is 2. The van der Waals surface area contributed by atoms with Crippen LogP contribution in [-0.2, 0) is 0 Å². The first-order valence-corrected chi connectivity index (χ1v) is 8.49. The molecule has 6 nitrogen and oxygen atoms in total. The Bertz CT molecular complexity index is 945. The predicted octanol–water partition coefficient (Wildman–Crippen LogP) is 4.75. The van der Waals surface area contributed by atoms with Gasteiger partial charge in [-0.3, -0.25) is 4.79 Å². The van der Waals surface area contributed by atoms with Gasteiger partial charge in [-0.25, -0.2) is 4.98 Å². The van der Waals surface area contributed by atoms with Crippen molar-refractivity contribution in [2.75, 3.05) is 24.9 Å². The second-order valence-electron chi connectivity index (χ2n) is 5.56. The van der Waals surface area contributed by atoms with Gasteiger partial charge in [-0.1, -0.05) is 23.7 Å². The van der Waals surface area contributed by atoms with Gasteiger partial charge in [0.15, 0.2) is 11.5 Å². The zero-order chi connectivity index (χ0) is 19.2. The summed E-state index contributed by atoms with van der Waals surface area (Å²) in [6, 6.07) is 15.9. The topological polar surface area (TPSA) is 72.5 Å². The fourth-order valence-corrected chi connectivity index (χ4v) is 2.61. The fraction of sp³-hybridized carbons (Fsp3) is 0.100. The molecule has 0 saturated carbocycles. The number of benzene rings is 2. The number of aromatic nitrogens is 1. The molecule has 1 heterocycles. The molecule has 0 bridgehead atoms. The van der Waals surface area contributed by atoms with Crippen molar-refractivity contribution in [1.82, 2.24) is 4.98 Å². The Morgan fingerprint density at radius 3 is 2.37 bits per heavy atom. The van der Waals surface area contributed by atoms with Crippen LogP contribution >= 0.6 is 11.6 Å². The van der Waals surface area contributed by atoms with Crippen molar-refractivity contribution >= 4 is 34.6 Å². The van der Waals surface area contributed by atoms with Crippen molar-refractivity contribution in [2.24, 2.45) is 0 Å². The molecule has 2 N–H and O–H groups in total. The Labute approximate surface area is 162 Å². The lowest BCUT2D eigenvalue weighted by Crippen LogP contribution is -2.13. The number of para-hydroxylation sites is 1. The number of nitrogens with zero attached hydrogens (tertiary/aromatic N) is 1. The fourth-order valence-electron chi connectivity index (χ4n) is 2.43. The van der Waals surface area contributed by atoms with Gasteiger partial charge in [-0.2, -0.15) is 0 Å². The molecule has 138 valence electrons. The number of methoxy groups -OCH3 is 2. The number of halogens is 1. The van der Waals surface area contributed by atoms with Crippen molar-refractivity contribution in [2.45, 2.75) is 0 Å². The van der Waals surface area contributed by atoms with Crippen LogP contribution in [0.25, 0.3) is 0 Å². The molecule has 2 aromatic carbocycles. The molecular formula is C20H18ClN3O3. The van der Waals surface area contributed by atoms with Crippen molar-refractivity contribution < 1.29 is 14.3 Å². The maximum absolute atomic E-state index is 12.4. The Hall–Kier alpha value is -3.25. The standard InChI is InChI=1S/C20H18ClN3O3/c1-26-18-10-8-13(11-19(18)27-2)24-20(25)17-9-7-14(12-22-17)23-16-6-4-3-5-15(16)21/h3-12,23H,1-2H3,(H,24,25). The third kappa shape index (κ3) is 4.48. The van der Waals surface area contributed by atoms with Crippen molar-refractivity contribution in [3.8, 4) is 11.5 Å². The number of amides is 1. The van der Waals surface area contributed by atoms with E-state index in [0.717, 1.165) is 11.4 Å². The smallest absolute Gasteiger partial charge is 0.274 e. The number of nitrogens with one attached hydrogen (secondary N) is 2. The van der Waals surface area contributed by atoms with E-state index in [2.05, 4.69) is 15.6 Å². The highest BCUT2D eigenvalue weighted by molar-refractivity contribution is 6.33. The molecule has 0 radical (unpaired) electrons. The molecule has 0 spiro atoms. The summed E-state index contributed by atoms with van der Waals surface area (Å²) in [4.78, 5) is 16.6. The van der Waals surface area contributed by atoms with E-state index >= 15 is 0 Å². The van der Waals surface area contributed by atoms with Gasteiger partial charge in [-0.15, -0.1) is 0 Å². The van der Waals surface area contributed by atoms with E-state index in [0.29, 0.717) is 22.2 Å². The normalized spacial score (nSPS) is 10.2. The van der Waals surface area contributed by atoms with E-state index < -0.39 is 0 Å². The van der Waals surface area contributed by atoms with Gasteiger partial charge in [-0.05, 0) is 36.4 Å². The lowest BCUT2D eigenvalue weighted by atomic mass is 10.2. The SMILES string of the molecule is COc1ccc(NC(=O)c2ccc(Nc3ccccc3Cl)cn2)cc1OC. The number of carbonyl (C=O) groups is 1. The van der Waals surface area contributed by atoms with Crippen LogP contribution in [0.15, 0.2) is 60.8 Å². The second-order valence-corrected chi connectivity index (χ2v) is 5.97. The molecule has 3 rings (SSSR count). The zero-order valence-electron chi connectivity index (χ0n) is 14.8. The molecule has 7 heteroatoms. The van der Waals surface area contributed by atoms with Crippen LogP contribution in [0, 0.1) is 0 Å². The summed E-state index contributed by atoms with van der Waals surface area (Å²) in [5, 5.41) is 6.55. The Balaban J connectivity index is 1.70. The Morgan fingerprint density at radius 1 is 0.963 bits per heavy atom. The van der Waals surface area contributed by atoms with Crippen LogP contribution in [-0.4, -0.2) is 25.1 Å². The van der Waals surface area contributed by atoms with E-state index in [4.69, 9.17) is 21.1 Å². The maximum atomic E-state index is 12.4. The lowest BCUT2D eigenvalue weighted by Gasteiger charge is -2.11. The second kappa shape index (κ2) is 8.42. The van der Waals surface area contributed by atoms with Gasteiger partial charge in [0.1, 0.15) is 5.69 Å². The summed E-state index contributed by atoms with van der Waals surface area (Å²) >= 11 is 6.13. The molecular weight excluding hydrogens is 366 g/mol. The first kappa shape index (κ1) is 18.5. The Morgan fingerprint density at radius 2 is 1.70 bits per heavy atom. The van der Waals surface area contributed by atoms with Crippen LogP contribution in [0.2, 0.25) is 5.02 Å². The van der Waals surface area contributed by atoms with E-state index in [1.807, 2.05) is 18.2 Å². The molecule has 0 aliphatic heterocycles. The molecule has 27 heavy (non-hydrogen) atoms. The third-order valence-corrected chi connectivity index (χ3v) is 4.12. The van der Waals surface area contributed by atoms with E-state index in [9.17, 15) is 4.79 Å². The molecule has 0 aliphatic carbocycles. The molecule has 0 saturated heterocycles. The minimum Gasteiger partial charge on any atom is -0.493 e. The van der Waals surface area contributed by atoms with Gasteiger partial charge >= 0.3 is 0 Å². The van der Waals surface area contributed by atoms with Gasteiger partial charge in [0.05, 0.1) is 36.8 Å². The third-order valence-electron chi connectivity index (χ3n) is 3.79. The minimum absolute atomic E-state index is 0.287. The van der Waals surface area contributed by atoms with E-state index in [1.54, 1.807) is 49.7 Å². The van der Waals surface area contributed by atoms with E-state index in [-0.39, 0.29) is 11.6 Å². The largest absolute Gasteiger partial charge is 0.493 e. The first-order valence-electron chi connectivity index (χ1n) is 8.11. The van der Waals surface area contributed by atoms with Gasteiger partial charge in [0, 0.05) is 11.8 Å². The summed E-state index contributed by atoms with van der Waals surface area (Å²) in [7, 11) is 3.09. The van der Waals surface area contributed by atoms with Crippen molar-refractivity contribution in [3.05, 3.63) is 71.5 Å². The van der Waals surface area contributed by atoms with Crippen LogP contribution in [0.4, 0.5) is 17.1 Å². The predicted molar refractivity (Wildman–Crippen MR) is 106 cm³/mol. The summed E-state index contributed by atoms with van der Waals surface area (Å²) in [6.45, 7) is 0. The van der Waals surface area contributed by atoms with Crippen molar-refractivity contribution in [3.63, 3.8) is 0 Å². The van der Waals surface area contributed by atoms with Crippen LogP contribution < -0.4 is 20.1 Å². The molecule has 1 amide bonds. The summed E-state index contributed by atoms with van der Waals surface area (Å²) in [5.74, 6) is 0.790. The number of pyridine rings is 1. The average Bonchev–Trinajstić information content (AvgIpc) is 2.70. The number of hydrogen-bond acceptors (Lipinski definition) is 5. The molecule has 0 aliphatic rings. The molecule has 0 unspecified atom stereocenters.